The van der Waals surface area contributed by atoms with E-state index in [0.29, 0.717) is 38.5 Å². The van der Waals surface area contributed by atoms with E-state index in [1.54, 1.807) is 32.6 Å². The summed E-state index contributed by atoms with van der Waals surface area (Å²) in [7, 11) is 3.20. The number of thioether (sulfide) groups is 1. The van der Waals surface area contributed by atoms with Crippen molar-refractivity contribution in [2.45, 2.75) is 11.5 Å². The Kier molecular flexibility index (Phi) is 7.06. The summed E-state index contributed by atoms with van der Waals surface area (Å²) in [6.07, 6.45) is 5.87. The molecular formula is C24H22F2N6O3S. The van der Waals surface area contributed by atoms with Gasteiger partial charge >= 0.3 is 6.61 Å². The number of likely N-dealkylation sites (N-methyl/N-ethyl adjacent to an activating group) is 1. The average Bonchev–Trinajstić information content (AvgIpc) is 2.85. The number of alkyl halides is 2. The van der Waals surface area contributed by atoms with Crippen LogP contribution in [0.3, 0.4) is 0 Å². The van der Waals surface area contributed by atoms with Gasteiger partial charge in [-0.05, 0) is 24.3 Å². The van der Waals surface area contributed by atoms with Crippen LogP contribution in [0.4, 0.5) is 14.5 Å². The van der Waals surface area contributed by atoms with Crippen LogP contribution in [0, 0.1) is 5.41 Å². The van der Waals surface area contributed by atoms with E-state index in [-0.39, 0.29) is 23.8 Å². The number of nitrogens with zero attached hydrogens (tertiary/aromatic N) is 4. The number of nitrogens with two attached hydrogens (primary N) is 1. The molecule has 0 saturated carbocycles. The summed E-state index contributed by atoms with van der Waals surface area (Å²) in [5.74, 6) is 0.0174. The maximum Gasteiger partial charge on any atom is 0.387 e. The zero-order valence-electron chi connectivity index (χ0n) is 19.4. The molecule has 0 aliphatic carbocycles. The molecule has 3 aromatic rings. The number of pyridine rings is 2. The van der Waals surface area contributed by atoms with Gasteiger partial charge in [0.1, 0.15) is 5.69 Å². The SMILES string of the molecule is C=C(Sc1ccc2ncc3c(c2c1)OCC(=O)N3C)n1cc(C(C=NC)=CN)cc(OC(F)F)c1=N. The first kappa shape index (κ1) is 24.9. The second-order valence-electron chi connectivity index (χ2n) is 7.59. The lowest BCUT2D eigenvalue weighted by Gasteiger charge is -2.26. The van der Waals surface area contributed by atoms with Gasteiger partial charge in [-0.25, -0.2) is 0 Å². The van der Waals surface area contributed by atoms with Gasteiger partial charge in [0.15, 0.2) is 23.6 Å². The molecule has 1 aliphatic rings. The number of allylic oxidation sites excluding steroid dienone is 1. The number of halogens is 2. The Morgan fingerprint density at radius 3 is 2.89 bits per heavy atom. The predicted molar refractivity (Wildman–Crippen MR) is 135 cm³/mol. The van der Waals surface area contributed by atoms with Crippen molar-refractivity contribution < 1.29 is 23.0 Å². The van der Waals surface area contributed by atoms with E-state index in [1.807, 2.05) is 12.1 Å². The monoisotopic (exact) mass is 512 g/mol. The maximum absolute atomic E-state index is 13.0. The first-order valence-corrected chi connectivity index (χ1v) is 11.3. The van der Waals surface area contributed by atoms with Crippen molar-refractivity contribution in [1.82, 2.24) is 9.55 Å². The highest BCUT2D eigenvalue weighted by molar-refractivity contribution is 8.07. The summed E-state index contributed by atoms with van der Waals surface area (Å²) in [6.45, 7) is 0.843. The van der Waals surface area contributed by atoms with E-state index >= 15 is 0 Å². The number of carbonyl (C=O) groups excluding carboxylic acids is 1. The highest BCUT2D eigenvalue weighted by Crippen LogP contribution is 2.39. The minimum atomic E-state index is -3.12. The number of anilines is 1. The van der Waals surface area contributed by atoms with E-state index in [2.05, 4.69) is 21.3 Å². The number of rotatable bonds is 7. The van der Waals surface area contributed by atoms with Gasteiger partial charge in [-0.3, -0.25) is 24.7 Å². The normalized spacial score (nSPS) is 13.9. The number of hydrogen-bond acceptors (Lipinski definition) is 8. The number of ether oxygens (including phenoxy) is 2. The van der Waals surface area contributed by atoms with Crippen LogP contribution in [0.15, 0.2) is 59.3 Å². The van der Waals surface area contributed by atoms with Crippen LogP contribution in [-0.2, 0) is 4.79 Å². The third kappa shape index (κ3) is 4.80. The van der Waals surface area contributed by atoms with E-state index < -0.39 is 6.61 Å². The van der Waals surface area contributed by atoms with Crippen LogP contribution >= 0.6 is 11.8 Å². The van der Waals surface area contributed by atoms with Crippen LogP contribution < -0.4 is 25.6 Å². The molecule has 1 amide bonds. The van der Waals surface area contributed by atoms with Crippen molar-refractivity contribution in [3.63, 3.8) is 0 Å². The summed E-state index contributed by atoms with van der Waals surface area (Å²) in [6, 6.07) is 6.74. The zero-order chi connectivity index (χ0) is 26.0. The molecule has 0 bridgehead atoms. The van der Waals surface area contributed by atoms with Crippen LogP contribution in [0.1, 0.15) is 5.56 Å². The molecule has 0 unspecified atom stereocenters. The van der Waals surface area contributed by atoms with Crippen LogP contribution in [0.2, 0.25) is 0 Å². The number of nitrogens with one attached hydrogen (secondary N) is 1. The lowest BCUT2D eigenvalue weighted by molar-refractivity contribution is -0.120. The quantitative estimate of drug-likeness (QED) is 0.368. The molecule has 0 atom stereocenters. The topological polar surface area (TPSA) is 119 Å². The Bertz CT molecular complexity index is 1480. The Morgan fingerprint density at radius 1 is 1.42 bits per heavy atom. The lowest BCUT2D eigenvalue weighted by Crippen LogP contribution is -2.35. The van der Waals surface area contributed by atoms with Gasteiger partial charge in [0.05, 0.1) is 16.7 Å². The predicted octanol–water partition coefficient (Wildman–Crippen LogP) is 3.69. The molecule has 3 N–H and O–H groups in total. The van der Waals surface area contributed by atoms with Crippen molar-refractivity contribution in [3.8, 4) is 11.5 Å². The van der Waals surface area contributed by atoms with Gasteiger partial charge in [-0.15, -0.1) is 0 Å². The molecule has 4 rings (SSSR count). The number of carbonyl (C=O) groups is 1. The fraction of sp³-hybridized carbons (Fsp3) is 0.167. The number of amides is 1. The molecular weight excluding hydrogens is 490 g/mol. The first-order valence-electron chi connectivity index (χ1n) is 10.5. The molecule has 9 nitrogen and oxygen atoms in total. The standard InChI is InChI=1S/C24H22F2N6O3S/c1-13(32-11-14(15(8-27)9-29-2)6-20(23(32)28)35-24(25)26)36-16-4-5-18-17(7-16)22-19(10-30-18)31(3)21(33)12-34-22/h4-11,24,28H,1,12,27H2,2-3H3. The number of hydrogen-bond donors (Lipinski definition) is 2. The summed E-state index contributed by atoms with van der Waals surface area (Å²) >= 11 is 1.20. The summed E-state index contributed by atoms with van der Waals surface area (Å²) < 4.78 is 37.7. The molecule has 0 fully saturated rings. The Balaban J connectivity index is 1.75. The zero-order valence-corrected chi connectivity index (χ0v) is 20.2. The van der Waals surface area contributed by atoms with Crippen molar-refractivity contribution >= 4 is 51.1 Å². The highest BCUT2D eigenvalue weighted by Gasteiger charge is 2.25. The molecule has 0 spiro atoms. The smallest absolute Gasteiger partial charge is 0.387 e. The van der Waals surface area contributed by atoms with Crippen molar-refractivity contribution in [3.05, 3.63) is 60.5 Å². The maximum atomic E-state index is 13.0. The van der Waals surface area contributed by atoms with Gasteiger partial charge < -0.3 is 20.1 Å². The molecule has 3 heterocycles. The molecule has 1 aliphatic heterocycles. The number of aromatic nitrogens is 2. The third-order valence-electron chi connectivity index (χ3n) is 5.38. The van der Waals surface area contributed by atoms with Gasteiger partial charge in [-0.1, -0.05) is 18.3 Å². The van der Waals surface area contributed by atoms with Gasteiger partial charge in [0.25, 0.3) is 5.91 Å². The minimum Gasteiger partial charge on any atom is -0.481 e. The fourth-order valence-electron chi connectivity index (χ4n) is 3.60. The Hall–Kier alpha value is -4.19. The van der Waals surface area contributed by atoms with Gasteiger partial charge in [0, 0.05) is 54.1 Å². The molecule has 2 aromatic heterocycles. The summed E-state index contributed by atoms with van der Waals surface area (Å²) in [5.41, 5.74) is 7.46. The summed E-state index contributed by atoms with van der Waals surface area (Å²) in [4.78, 5) is 22.5. The number of fused-ring (bicyclic) bond motifs is 3. The van der Waals surface area contributed by atoms with E-state index in [0.717, 1.165) is 4.90 Å². The van der Waals surface area contributed by atoms with E-state index in [9.17, 15) is 13.6 Å². The molecule has 186 valence electrons. The largest absolute Gasteiger partial charge is 0.481 e. The van der Waals surface area contributed by atoms with Gasteiger partial charge in [-0.2, -0.15) is 8.78 Å². The fourth-order valence-corrected chi connectivity index (χ4v) is 4.43. The van der Waals surface area contributed by atoms with Crippen molar-refractivity contribution in [2.24, 2.45) is 10.7 Å². The average molecular weight is 513 g/mol. The lowest BCUT2D eigenvalue weighted by atomic mass is 10.1. The van der Waals surface area contributed by atoms with E-state index in [4.69, 9.17) is 15.9 Å². The van der Waals surface area contributed by atoms with E-state index in [1.165, 1.54) is 39.7 Å². The molecule has 0 saturated heterocycles. The molecule has 12 heteroatoms. The number of benzene rings is 1. The minimum absolute atomic E-state index is 0.0808. The Morgan fingerprint density at radius 2 is 2.19 bits per heavy atom. The van der Waals surface area contributed by atoms with Crippen LogP contribution in [0.5, 0.6) is 11.5 Å². The first-order chi connectivity index (χ1) is 17.2. The second-order valence-corrected chi connectivity index (χ2v) is 8.73. The molecule has 1 aromatic carbocycles. The molecule has 36 heavy (non-hydrogen) atoms. The second kappa shape index (κ2) is 10.2. The highest BCUT2D eigenvalue weighted by atomic mass is 32.2. The third-order valence-corrected chi connectivity index (χ3v) is 6.30. The van der Waals surface area contributed by atoms with Crippen LogP contribution in [-0.4, -0.2) is 49.0 Å². The van der Waals surface area contributed by atoms with Gasteiger partial charge in [0.2, 0.25) is 0 Å². The van der Waals surface area contributed by atoms with Crippen LogP contribution in [0.25, 0.3) is 21.5 Å². The Labute approximate surface area is 209 Å². The van der Waals surface area contributed by atoms with Crippen molar-refractivity contribution in [1.29, 1.82) is 5.41 Å². The molecule has 0 radical (unpaired) electrons. The summed E-state index contributed by atoms with van der Waals surface area (Å²) in [5, 5.41) is 9.45. The van der Waals surface area contributed by atoms with Crippen molar-refractivity contribution in [2.75, 3.05) is 25.6 Å². The number of aliphatic imine (C=N–C) groups is 1.